The van der Waals surface area contributed by atoms with Crippen LogP contribution < -0.4 is 10.1 Å². The molecule has 4 nitrogen and oxygen atoms in total. The fraction of sp³-hybridized carbons (Fsp3) is 0.0526. The van der Waals surface area contributed by atoms with Crippen molar-refractivity contribution >= 4 is 66.6 Å². The number of halogens is 2. The van der Waals surface area contributed by atoms with Crippen LogP contribution in [0.5, 0.6) is 5.75 Å². The third-order valence-electron chi connectivity index (χ3n) is 3.98. The monoisotopic (exact) mass is 402 g/mol. The molecule has 0 aliphatic rings. The van der Waals surface area contributed by atoms with Crippen molar-refractivity contribution in [1.82, 2.24) is 4.98 Å². The first-order valence-electron chi connectivity index (χ1n) is 7.69. The van der Waals surface area contributed by atoms with Gasteiger partial charge in [0, 0.05) is 0 Å². The van der Waals surface area contributed by atoms with Gasteiger partial charge >= 0.3 is 0 Å². The SMILES string of the molecule is COc1cc2ccccc2cc1C(=O)Nc1nc2c(Cl)c(Cl)ccc2s1. The van der Waals surface area contributed by atoms with Gasteiger partial charge < -0.3 is 4.74 Å². The number of thiazole rings is 1. The van der Waals surface area contributed by atoms with E-state index in [1.807, 2.05) is 36.4 Å². The van der Waals surface area contributed by atoms with Crippen molar-refractivity contribution in [3.8, 4) is 5.75 Å². The molecule has 0 spiro atoms. The maximum Gasteiger partial charge on any atom is 0.261 e. The zero-order valence-electron chi connectivity index (χ0n) is 13.5. The standard InChI is InChI=1S/C19H12Cl2N2O2S/c1-25-14-9-11-5-3-2-4-10(11)8-12(14)18(24)23-19-22-17-15(26-19)7-6-13(20)16(17)21/h2-9H,1H3,(H,22,23,24). The molecule has 1 heterocycles. The summed E-state index contributed by atoms with van der Waals surface area (Å²) in [5, 5.41) is 6.04. The highest BCUT2D eigenvalue weighted by molar-refractivity contribution is 7.22. The average molecular weight is 403 g/mol. The second kappa shape index (κ2) is 6.76. The largest absolute Gasteiger partial charge is 0.496 e. The normalized spacial score (nSPS) is 11.0. The Kier molecular flexibility index (Phi) is 4.44. The topological polar surface area (TPSA) is 51.2 Å². The highest BCUT2D eigenvalue weighted by Gasteiger charge is 2.17. The number of hydrogen-bond donors (Lipinski definition) is 1. The second-order valence-electron chi connectivity index (χ2n) is 5.58. The number of methoxy groups -OCH3 is 1. The maximum absolute atomic E-state index is 12.8. The smallest absolute Gasteiger partial charge is 0.261 e. The number of fused-ring (bicyclic) bond motifs is 2. The summed E-state index contributed by atoms with van der Waals surface area (Å²) in [5.74, 6) is 0.206. The quantitative estimate of drug-likeness (QED) is 0.455. The van der Waals surface area contributed by atoms with Crippen molar-refractivity contribution in [3.05, 3.63) is 64.1 Å². The predicted molar refractivity (Wildman–Crippen MR) is 108 cm³/mol. The fourth-order valence-electron chi connectivity index (χ4n) is 2.72. The highest BCUT2D eigenvalue weighted by Crippen LogP contribution is 2.35. The van der Waals surface area contributed by atoms with Gasteiger partial charge in [-0.1, -0.05) is 58.8 Å². The van der Waals surface area contributed by atoms with Crippen molar-refractivity contribution in [2.75, 3.05) is 12.4 Å². The minimum Gasteiger partial charge on any atom is -0.496 e. The lowest BCUT2D eigenvalue weighted by Crippen LogP contribution is -2.13. The highest BCUT2D eigenvalue weighted by atomic mass is 35.5. The molecule has 4 aromatic rings. The van der Waals surface area contributed by atoms with Crippen LogP contribution in [0.15, 0.2) is 48.5 Å². The number of aromatic nitrogens is 1. The molecule has 0 aliphatic carbocycles. The van der Waals surface area contributed by atoms with E-state index in [-0.39, 0.29) is 5.91 Å². The molecule has 26 heavy (non-hydrogen) atoms. The van der Waals surface area contributed by atoms with Crippen LogP contribution in [0, 0.1) is 0 Å². The summed E-state index contributed by atoms with van der Waals surface area (Å²) in [7, 11) is 1.54. The lowest BCUT2D eigenvalue weighted by atomic mass is 10.1. The molecule has 1 amide bonds. The molecule has 1 N–H and O–H groups in total. The third kappa shape index (κ3) is 2.98. The molecule has 0 aliphatic heterocycles. The van der Waals surface area contributed by atoms with E-state index in [9.17, 15) is 4.79 Å². The number of amides is 1. The van der Waals surface area contributed by atoms with Gasteiger partial charge in [-0.25, -0.2) is 4.98 Å². The van der Waals surface area contributed by atoms with Gasteiger partial charge in [0.15, 0.2) is 5.13 Å². The Morgan fingerprint density at radius 3 is 2.58 bits per heavy atom. The number of carbonyl (C=O) groups excluding carboxylic acids is 1. The van der Waals surface area contributed by atoms with Crippen LogP contribution in [0.4, 0.5) is 5.13 Å². The molecule has 130 valence electrons. The van der Waals surface area contributed by atoms with Crippen LogP contribution in [0.3, 0.4) is 0 Å². The summed E-state index contributed by atoms with van der Waals surface area (Å²) in [6, 6.07) is 15.0. The van der Waals surface area contributed by atoms with Crippen molar-refractivity contribution in [3.63, 3.8) is 0 Å². The predicted octanol–water partition coefficient (Wildman–Crippen LogP) is 6.02. The third-order valence-corrected chi connectivity index (χ3v) is 5.72. The van der Waals surface area contributed by atoms with Gasteiger partial charge in [0.05, 0.1) is 27.4 Å². The minimum atomic E-state index is -0.297. The van der Waals surface area contributed by atoms with Crippen LogP contribution in [-0.2, 0) is 0 Å². The first kappa shape index (κ1) is 17.1. The molecule has 0 saturated carbocycles. The number of nitrogens with zero attached hydrogens (tertiary/aromatic N) is 1. The summed E-state index contributed by atoms with van der Waals surface area (Å²) < 4.78 is 6.24. The summed E-state index contributed by atoms with van der Waals surface area (Å²) in [6.45, 7) is 0. The van der Waals surface area contributed by atoms with E-state index < -0.39 is 0 Å². The van der Waals surface area contributed by atoms with Gasteiger partial charge in [0.25, 0.3) is 5.91 Å². The van der Waals surface area contributed by atoms with Gasteiger partial charge in [-0.05, 0) is 35.0 Å². The summed E-state index contributed by atoms with van der Waals surface area (Å²) in [6.07, 6.45) is 0. The first-order chi connectivity index (χ1) is 12.6. The van der Waals surface area contributed by atoms with E-state index in [4.69, 9.17) is 27.9 Å². The Balaban J connectivity index is 1.72. The fourth-order valence-corrected chi connectivity index (χ4v) is 4.01. The van der Waals surface area contributed by atoms with E-state index in [1.54, 1.807) is 19.2 Å². The summed E-state index contributed by atoms with van der Waals surface area (Å²) >= 11 is 13.5. The number of carbonyl (C=O) groups is 1. The Bertz CT molecular complexity index is 1160. The molecule has 4 rings (SSSR count). The molecule has 0 unspecified atom stereocenters. The van der Waals surface area contributed by atoms with Crippen molar-refractivity contribution in [2.45, 2.75) is 0 Å². The van der Waals surface area contributed by atoms with Crippen LogP contribution in [-0.4, -0.2) is 18.0 Å². The molecular weight excluding hydrogens is 391 g/mol. The number of nitrogens with one attached hydrogen (secondary N) is 1. The number of benzene rings is 3. The van der Waals surface area contributed by atoms with Gasteiger partial charge in [-0.3, -0.25) is 10.1 Å². The Hall–Kier alpha value is -2.34. The molecule has 0 saturated heterocycles. The van der Waals surface area contributed by atoms with Crippen LogP contribution in [0.1, 0.15) is 10.4 Å². The van der Waals surface area contributed by atoms with E-state index in [2.05, 4.69) is 10.3 Å². The Morgan fingerprint density at radius 2 is 1.85 bits per heavy atom. The van der Waals surface area contributed by atoms with E-state index in [0.29, 0.717) is 32.0 Å². The van der Waals surface area contributed by atoms with Gasteiger partial charge in [0.2, 0.25) is 0 Å². The molecule has 1 aromatic heterocycles. The zero-order chi connectivity index (χ0) is 18.3. The minimum absolute atomic E-state index is 0.297. The molecule has 0 radical (unpaired) electrons. The maximum atomic E-state index is 12.8. The van der Waals surface area contributed by atoms with Crippen LogP contribution >= 0.6 is 34.5 Å². The number of rotatable bonds is 3. The van der Waals surface area contributed by atoms with E-state index in [1.165, 1.54) is 11.3 Å². The van der Waals surface area contributed by atoms with Crippen molar-refractivity contribution < 1.29 is 9.53 Å². The van der Waals surface area contributed by atoms with E-state index >= 15 is 0 Å². The van der Waals surface area contributed by atoms with Crippen molar-refractivity contribution in [1.29, 1.82) is 0 Å². The van der Waals surface area contributed by atoms with E-state index in [0.717, 1.165) is 15.5 Å². The molecule has 3 aromatic carbocycles. The lowest BCUT2D eigenvalue weighted by Gasteiger charge is -2.09. The summed E-state index contributed by atoms with van der Waals surface area (Å²) in [4.78, 5) is 17.2. The second-order valence-corrected chi connectivity index (χ2v) is 7.40. The zero-order valence-corrected chi connectivity index (χ0v) is 15.9. The Morgan fingerprint density at radius 1 is 1.12 bits per heavy atom. The molecule has 0 bridgehead atoms. The van der Waals surface area contributed by atoms with Crippen LogP contribution in [0.2, 0.25) is 10.0 Å². The van der Waals surface area contributed by atoms with Gasteiger partial charge in [-0.15, -0.1) is 0 Å². The molecule has 7 heteroatoms. The van der Waals surface area contributed by atoms with Crippen molar-refractivity contribution in [2.24, 2.45) is 0 Å². The molecular formula is C19H12Cl2N2O2S. The lowest BCUT2D eigenvalue weighted by molar-refractivity contribution is 0.102. The van der Waals surface area contributed by atoms with Crippen LogP contribution in [0.25, 0.3) is 21.0 Å². The van der Waals surface area contributed by atoms with Gasteiger partial charge in [0.1, 0.15) is 11.3 Å². The number of anilines is 1. The number of ether oxygens (including phenoxy) is 1. The summed E-state index contributed by atoms with van der Waals surface area (Å²) in [5.41, 5.74) is 1.01. The van der Waals surface area contributed by atoms with Gasteiger partial charge in [-0.2, -0.15) is 0 Å². The average Bonchev–Trinajstić information content (AvgIpc) is 3.07. The molecule has 0 atom stereocenters. The molecule has 0 fully saturated rings. The Labute approximate surface area is 163 Å². The first-order valence-corrected chi connectivity index (χ1v) is 9.27. The number of hydrogen-bond acceptors (Lipinski definition) is 4.